The molecule has 2 rings (SSSR count). The highest BCUT2D eigenvalue weighted by molar-refractivity contribution is 5.83. The summed E-state index contributed by atoms with van der Waals surface area (Å²) in [5.74, 6) is -0.903. The van der Waals surface area contributed by atoms with Crippen molar-refractivity contribution in [2.75, 3.05) is 13.7 Å². The Morgan fingerprint density at radius 3 is 2.63 bits per heavy atom. The van der Waals surface area contributed by atoms with E-state index in [9.17, 15) is 14.7 Å². The third-order valence-electron chi connectivity index (χ3n) is 4.26. The summed E-state index contributed by atoms with van der Waals surface area (Å²) in [7, 11) is 1.68. The summed E-state index contributed by atoms with van der Waals surface area (Å²) >= 11 is 0. The van der Waals surface area contributed by atoms with Crippen molar-refractivity contribution in [3.05, 3.63) is 0 Å². The first-order chi connectivity index (χ1) is 9.02. The molecule has 1 saturated carbocycles. The number of urea groups is 1. The molecule has 19 heavy (non-hydrogen) atoms. The van der Waals surface area contributed by atoms with Crippen LogP contribution < -0.4 is 5.32 Å². The van der Waals surface area contributed by atoms with E-state index in [1.165, 1.54) is 4.90 Å². The number of hydrogen-bond donors (Lipinski definition) is 2. The highest BCUT2D eigenvalue weighted by atomic mass is 16.5. The summed E-state index contributed by atoms with van der Waals surface area (Å²) < 4.78 is 5.27. The van der Waals surface area contributed by atoms with Crippen molar-refractivity contribution in [1.29, 1.82) is 0 Å². The van der Waals surface area contributed by atoms with E-state index >= 15 is 0 Å². The number of nitrogens with one attached hydrogen (secondary N) is 1. The van der Waals surface area contributed by atoms with Gasteiger partial charge in [-0.2, -0.15) is 0 Å². The van der Waals surface area contributed by atoms with Gasteiger partial charge in [0.2, 0.25) is 0 Å². The van der Waals surface area contributed by atoms with Crippen LogP contribution >= 0.6 is 0 Å². The van der Waals surface area contributed by atoms with Crippen molar-refractivity contribution < 1.29 is 19.4 Å². The summed E-state index contributed by atoms with van der Waals surface area (Å²) in [6.07, 6.45) is 3.60. The standard InChI is InChI=1S/C13H22N2O4/c1-8-5-6-15(11(8)12(16)17)13(18)14-9-3-4-10(7-9)19-2/h8-11H,3-7H2,1-2H3,(H,14,18)(H,16,17). The maximum absolute atomic E-state index is 12.2. The van der Waals surface area contributed by atoms with Crippen molar-refractivity contribution in [2.24, 2.45) is 5.92 Å². The maximum Gasteiger partial charge on any atom is 0.326 e. The van der Waals surface area contributed by atoms with Gasteiger partial charge >= 0.3 is 12.0 Å². The zero-order chi connectivity index (χ0) is 14.0. The minimum absolute atomic E-state index is 0.0125. The summed E-state index contributed by atoms with van der Waals surface area (Å²) in [5.41, 5.74) is 0. The molecule has 1 aliphatic heterocycles. The van der Waals surface area contributed by atoms with E-state index in [0.29, 0.717) is 6.54 Å². The average molecular weight is 270 g/mol. The van der Waals surface area contributed by atoms with Crippen LogP contribution in [0, 0.1) is 5.92 Å². The van der Waals surface area contributed by atoms with Gasteiger partial charge in [0.15, 0.2) is 0 Å². The minimum Gasteiger partial charge on any atom is -0.480 e. The van der Waals surface area contributed by atoms with Crippen LogP contribution in [0.25, 0.3) is 0 Å². The molecule has 4 atom stereocenters. The van der Waals surface area contributed by atoms with Gasteiger partial charge in [0.1, 0.15) is 6.04 Å². The predicted octanol–water partition coefficient (Wildman–Crippen LogP) is 1.06. The molecule has 6 nitrogen and oxygen atoms in total. The minimum atomic E-state index is -0.915. The van der Waals surface area contributed by atoms with Gasteiger partial charge in [-0.25, -0.2) is 9.59 Å². The fourth-order valence-corrected chi connectivity index (χ4v) is 3.09. The van der Waals surface area contributed by atoms with Crippen molar-refractivity contribution in [1.82, 2.24) is 10.2 Å². The zero-order valence-corrected chi connectivity index (χ0v) is 11.5. The number of carbonyl (C=O) groups is 2. The van der Waals surface area contributed by atoms with Gasteiger partial charge in [0.05, 0.1) is 6.10 Å². The van der Waals surface area contributed by atoms with E-state index in [-0.39, 0.29) is 24.1 Å². The Bertz CT molecular complexity index is 361. The van der Waals surface area contributed by atoms with Gasteiger partial charge in [-0.3, -0.25) is 0 Å². The molecule has 0 aromatic heterocycles. The van der Waals surface area contributed by atoms with Gasteiger partial charge in [-0.15, -0.1) is 0 Å². The van der Waals surface area contributed by atoms with Crippen LogP contribution in [0.2, 0.25) is 0 Å². The molecule has 0 aromatic rings. The average Bonchev–Trinajstić information content (AvgIpc) is 2.95. The van der Waals surface area contributed by atoms with Crippen LogP contribution in [-0.2, 0) is 9.53 Å². The lowest BCUT2D eigenvalue weighted by Crippen LogP contribution is -2.49. The molecule has 108 valence electrons. The van der Waals surface area contributed by atoms with Gasteiger partial charge in [-0.1, -0.05) is 6.92 Å². The highest BCUT2D eigenvalue weighted by Crippen LogP contribution is 2.26. The van der Waals surface area contributed by atoms with E-state index in [4.69, 9.17) is 4.74 Å². The van der Waals surface area contributed by atoms with E-state index in [1.807, 2.05) is 6.92 Å². The second kappa shape index (κ2) is 5.77. The number of amides is 2. The van der Waals surface area contributed by atoms with Crippen LogP contribution in [0.5, 0.6) is 0 Å². The fourth-order valence-electron chi connectivity index (χ4n) is 3.09. The van der Waals surface area contributed by atoms with E-state index in [2.05, 4.69) is 5.32 Å². The SMILES string of the molecule is COC1CCC(NC(=O)N2CCC(C)C2C(=O)O)C1. The molecular formula is C13H22N2O4. The number of carbonyl (C=O) groups excluding carboxylic acids is 1. The Hall–Kier alpha value is -1.30. The summed E-state index contributed by atoms with van der Waals surface area (Å²) in [6.45, 7) is 2.40. The van der Waals surface area contributed by atoms with Crippen molar-refractivity contribution in [2.45, 2.75) is 50.8 Å². The second-order valence-electron chi connectivity index (χ2n) is 5.56. The highest BCUT2D eigenvalue weighted by Gasteiger charge is 2.40. The van der Waals surface area contributed by atoms with Crippen LogP contribution in [0.4, 0.5) is 4.79 Å². The number of likely N-dealkylation sites (tertiary alicyclic amines) is 1. The van der Waals surface area contributed by atoms with E-state index in [1.54, 1.807) is 7.11 Å². The van der Waals surface area contributed by atoms with Crippen LogP contribution in [-0.4, -0.2) is 53.8 Å². The zero-order valence-electron chi connectivity index (χ0n) is 11.5. The Kier molecular flexibility index (Phi) is 4.29. The topological polar surface area (TPSA) is 78.9 Å². The number of ether oxygens (including phenoxy) is 1. The van der Waals surface area contributed by atoms with Crippen LogP contribution in [0.3, 0.4) is 0 Å². The monoisotopic (exact) mass is 270 g/mol. The van der Waals surface area contributed by atoms with Gasteiger partial charge in [-0.05, 0) is 31.6 Å². The first kappa shape index (κ1) is 14.1. The predicted molar refractivity (Wildman–Crippen MR) is 68.9 cm³/mol. The maximum atomic E-state index is 12.2. The summed E-state index contributed by atoms with van der Waals surface area (Å²) in [4.78, 5) is 24.8. The summed E-state index contributed by atoms with van der Waals surface area (Å²) in [5, 5.41) is 12.1. The van der Waals surface area contributed by atoms with Gasteiger partial charge in [0.25, 0.3) is 0 Å². The largest absolute Gasteiger partial charge is 0.480 e. The molecule has 1 aliphatic carbocycles. The molecule has 0 spiro atoms. The molecule has 1 saturated heterocycles. The fraction of sp³-hybridized carbons (Fsp3) is 0.846. The smallest absolute Gasteiger partial charge is 0.326 e. The second-order valence-corrected chi connectivity index (χ2v) is 5.56. The first-order valence-electron chi connectivity index (χ1n) is 6.85. The number of methoxy groups -OCH3 is 1. The number of carboxylic acid groups (broad SMARTS) is 1. The molecule has 2 aliphatic rings. The normalized spacial score (nSPS) is 34.5. The van der Waals surface area contributed by atoms with Crippen LogP contribution in [0.1, 0.15) is 32.6 Å². The summed E-state index contributed by atoms with van der Waals surface area (Å²) in [6, 6.07) is -0.846. The Morgan fingerprint density at radius 1 is 1.32 bits per heavy atom. The molecule has 2 fully saturated rings. The lowest BCUT2D eigenvalue weighted by atomic mass is 10.0. The third-order valence-corrected chi connectivity index (χ3v) is 4.26. The molecule has 0 aromatic carbocycles. The van der Waals surface area contributed by atoms with Crippen molar-refractivity contribution >= 4 is 12.0 Å². The Labute approximate surface area is 113 Å². The molecule has 2 amide bonds. The Morgan fingerprint density at radius 2 is 2.05 bits per heavy atom. The van der Waals surface area contributed by atoms with E-state index < -0.39 is 12.0 Å². The van der Waals surface area contributed by atoms with E-state index in [0.717, 1.165) is 25.7 Å². The molecule has 0 bridgehead atoms. The molecular weight excluding hydrogens is 248 g/mol. The lowest BCUT2D eigenvalue weighted by Gasteiger charge is -2.25. The quantitative estimate of drug-likeness (QED) is 0.803. The Balaban J connectivity index is 1.91. The molecule has 1 heterocycles. The molecule has 2 N–H and O–H groups in total. The van der Waals surface area contributed by atoms with Crippen molar-refractivity contribution in [3.8, 4) is 0 Å². The number of hydrogen-bond acceptors (Lipinski definition) is 3. The number of nitrogens with zero attached hydrogens (tertiary/aromatic N) is 1. The number of carboxylic acids is 1. The first-order valence-corrected chi connectivity index (χ1v) is 6.85. The number of aliphatic carboxylic acids is 1. The number of rotatable bonds is 3. The molecule has 4 unspecified atom stereocenters. The third kappa shape index (κ3) is 3.00. The molecule has 6 heteroatoms. The lowest BCUT2D eigenvalue weighted by molar-refractivity contribution is -0.142. The van der Waals surface area contributed by atoms with Crippen LogP contribution in [0.15, 0.2) is 0 Å². The van der Waals surface area contributed by atoms with Crippen molar-refractivity contribution in [3.63, 3.8) is 0 Å². The van der Waals surface area contributed by atoms with Gasteiger partial charge < -0.3 is 20.1 Å². The molecule has 0 radical (unpaired) electrons. The van der Waals surface area contributed by atoms with Gasteiger partial charge in [0, 0.05) is 19.7 Å².